The number of para-hydroxylation sites is 1. The molecule has 1 rings (SSSR count). The molecule has 8 heteroatoms. The van der Waals surface area contributed by atoms with Crippen LogP contribution in [0.4, 0.5) is 0 Å². The SMILES string of the molecule is COC(=O)C(C)N=Cc1ccccc1OC.[C-]#[O+].[C-]#[O+].[C-]#[O+].[Cr]. The number of hydrogen-bond donors (Lipinski definition) is 0. The molecule has 1 aromatic carbocycles. The second-order valence-corrected chi connectivity index (χ2v) is 3.22. The van der Waals surface area contributed by atoms with Gasteiger partial charge in [0.1, 0.15) is 11.8 Å². The van der Waals surface area contributed by atoms with E-state index < -0.39 is 6.04 Å². The van der Waals surface area contributed by atoms with Crippen LogP contribution in [0.15, 0.2) is 29.3 Å². The number of esters is 1. The van der Waals surface area contributed by atoms with Gasteiger partial charge >= 0.3 is 39.9 Å². The van der Waals surface area contributed by atoms with E-state index in [-0.39, 0.29) is 23.3 Å². The van der Waals surface area contributed by atoms with Gasteiger partial charge in [-0.15, -0.1) is 0 Å². The van der Waals surface area contributed by atoms with Crippen LogP contribution < -0.4 is 4.74 Å². The van der Waals surface area contributed by atoms with Gasteiger partial charge in [-0.05, 0) is 19.1 Å². The topological polar surface area (TPSA) is 108 Å². The molecule has 7 nitrogen and oxygen atoms in total. The molecular formula is C15H15CrNO6. The zero-order valence-corrected chi connectivity index (χ0v) is 14.0. The summed E-state index contributed by atoms with van der Waals surface area (Å²) in [5.41, 5.74) is 0.834. The fraction of sp³-hybridized carbons (Fsp3) is 0.267. The number of benzene rings is 1. The molecule has 0 bridgehead atoms. The minimum atomic E-state index is -0.505. The molecule has 122 valence electrons. The van der Waals surface area contributed by atoms with Crippen molar-refractivity contribution in [1.29, 1.82) is 0 Å². The van der Waals surface area contributed by atoms with Crippen molar-refractivity contribution < 1.29 is 45.6 Å². The van der Waals surface area contributed by atoms with Gasteiger partial charge in [-0.3, -0.25) is 4.99 Å². The molecule has 0 aliphatic rings. The summed E-state index contributed by atoms with van der Waals surface area (Å²) in [6.07, 6.45) is 1.61. The van der Waals surface area contributed by atoms with E-state index in [0.29, 0.717) is 0 Å². The van der Waals surface area contributed by atoms with E-state index in [0.717, 1.165) is 11.3 Å². The number of carbonyl (C=O) groups excluding carboxylic acids is 1. The molecule has 1 atom stereocenters. The predicted octanol–water partition coefficient (Wildman–Crippen LogP) is 1.56. The number of aliphatic imine (C=N–C) groups is 1. The van der Waals surface area contributed by atoms with Gasteiger partial charge in [-0.2, -0.15) is 0 Å². The molecule has 1 aromatic rings. The molecule has 0 heterocycles. The van der Waals surface area contributed by atoms with Crippen molar-refractivity contribution in [2.45, 2.75) is 13.0 Å². The Morgan fingerprint density at radius 1 is 1.13 bits per heavy atom. The van der Waals surface area contributed by atoms with Crippen LogP contribution in [-0.4, -0.2) is 32.4 Å². The molecule has 0 spiro atoms. The molecule has 0 N–H and O–H groups in total. The summed E-state index contributed by atoms with van der Waals surface area (Å²) in [6, 6.07) is 6.96. The average Bonchev–Trinajstić information content (AvgIpc) is 2.64. The second kappa shape index (κ2) is 22.2. The molecule has 0 saturated heterocycles. The van der Waals surface area contributed by atoms with Gasteiger partial charge in [0.2, 0.25) is 0 Å². The van der Waals surface area contributed by atoms with Gasteiger partial charge in [0, 0.05) is 29.1 Å². The van der Waals surface area contributed by atoms with Crippen molar-refractivity contribution in [3.05, 3.63) is 49.8 Å². The molecule has 0 saturated carbocycles. The number of ether oxygens (including phenoxy) is 2. The summed E-state index contributed by atoms with van der Waals surface area (Å²) in [7, 11) is 2.94. The zero-order valence-electron chi connectivity index (χ0n) is 12.8. The van der Waals surface area contributed by atoms with E-state index in [4.69, 9.17) is 18.7 Å². The zero-order chi connectivity index (χ0) is 18.0. The summed E-state index contributed by atoms with van der Waals surface area (Å²) in [4.78, 5) is 15.2. The molecule has 0 aliphatic heterocycles. The second-order valence-electron chi connectivity index (χ2n) is 3.22. The summed E-state index contributed by atoms with van der Waals surface area (Å²) in [5, 5.41) is 0. The first kappa shape index (κ1) is 29.0. The molecule has 0 radical (unpaired) electrons. The normalized spacial score (nSPS) is 8.91. The van der Waals surface area contributed by atoms with E-state index in [1.807, 2.05) is 24.3 Å². The Bertz CT molecular complexity index is 496. The largest absolute Gasteiger partial charge is 0 e. The van der Waals surface area contributed by atoms with E-state index in [2.05, 4.69) is 29.7 Å². The van der Waals surface area contributed by atoms with E-state index in [1.54, 1.807) is 20.2 Å². The Kier molecular flexibility index (Phi) is 28.0. The predicted molar refractivity (Wildman–Crippen MR) is 73.9 cm³/mol. The fourth-order valence-electron chi connectivity index (χ4n) is 1.20. The van der Waals surface area contributed by atoms with Crippen LogP contribution in [0.3, 0.4) is 0 Å². The summed E-state index contributed by atoms with van der Waals surface area (Å²) < 4.78 is 32.2. The van der Waals surface area contributed by atoms with Gasteiger partial charge in [0.25, 0.3) is 0 Å². The minimum Gasteiger partial charge on any atom is 0 e. The first-order valence-electron chi connectivity index (χ1n) is 5.54. The van der Waals surface area contributed by atoms with Crippen molar-refractivity contribution in [3.63, 3.8) is 0 Å². The summed E-state index contributed by atoms with van der Waals surface area (Å²) in [6.45, 7) is 15.2. The Labute approximate surface area is 146 Å². The van der Waals surface area contributed by atoms with Crippen LogP contribution >= 0.6 is 0 Å². The van der Waals surface area contributed by atoms with Gasteiger partial charge in [0.05, 0.1) is 14.2 Å². The number of nitrogens with zero attached hydrogens (tertiary/aromatic N) is 1. The van der Waals surface area contributed by atoms with Crippen molar-refractivity contribution >= 4 is 12.2 Å². The number of rotatable bonds is 4. The van der Waals surface area contributed by atoms with Crippen LogP contribution in [0.2, 0.25) is 0 Å². The molecule has 1 unspecified atom stereocenters. The maximum absolute atomic E-state index is 11.1. The first-order chi connectivity index (χ1) is 10.7. The minimum absolute atomic E-state index is 0. The van der Waals surface area contributed by atoms with Gasteiger partial charge in [-0.25, -0.2) is 4.79 Å². The molecule has 23 heavy (non-hydrogen) atoms. The number of carbonyl (C=O) groups is 1. The third kappa shape index (κ3) is 13.3. The van der Waals surface area contributed by atoms with Crippen molar-refractivity contribution in [2.75, 3.05) is 14.2 Å². The van der Waals surface area contributed by atoms with E-state index >= 15 is 0 Å². The fourth-order valence-corrected chi connectivity index (χ4v) is 1.20. The van der Waals surface area contributed by atoms with E-state index in [9.17, 15) is 4.79 Å². The van der Waals surface area contributed by atoms with Gasteiger partial charge in [-0.1, -0.05) is 12.1 Å². The quantitative estimate of drug-likeness (QED) is 0.353. The van der Waals surface area contributed by atoms with E-state index in [1.165, 1.54) is 7.11 Å². The van der Waals surface area contributed by atoms with Crippen LogP contribution in [-0.2, 0) is 40.8 Å². The Hall–Kier alpha value is -2.09. The first-order valence-corrected chi connectivity index (χ1v) is 5.54. The van der Waals surface area contributed by atoms with Crippen LogP contribution in [0.5, 0.6) is 5.75 Å². The molecule has 0 aromatic heterocycles. The van der Waals surface area contributed by atoms with Gasteiger partial charge < -0.3 is 9.47 Å². The maximum atomic E-state index is 11.1. The van der Waals surface area contributed by atoms with Gasteiger partial charge in [0.15, 0.2) is 0 Å². The standard InChI is InChI=1S/C12H15NO3.3CO.Cr/c1-9(12(14)16-3)13-8-10-6-4-5-7-11(10)15-2;3*1-2;/h4-9H,1-3H3;;;;. The average molecular weight is 357 g/mol. The monoisotopic (exact) mass is 357 g/mol. The Balaban J connectivity index is -0.000000231. The number of methoxy groups -OCH3 is 2. The summed E-state index contributed by atoms with van der Waals surface area (Å²) >= 11 is 0. The molecule has 0 aliphatic carbocycles. The van der Waals surface area contributed by atoms with Crippen molar-refractivity contribution in [2.24, 2.45) is 4.99 Å². The van der Waals surface area contributed by atoms with Crippen LogP contribution in [0.1, 0.15) is 12.5 Å². The Morgan fingerprint density at radius 3 is 2.04 bits per heavy atom. The number of hydrogen-bond acceptors (Lipinski definition) is 4. The van der Waals surface area contributed by atoms with Crippen LogP contribution in [0.25, 0.3) is 0 Å². The van der Waals surface area contributed by atoms with Crippen LogP contribution in [0, 0.1) is 20.0 Å². The van der Waals surface area contributed by atoms with Crippen molar-refractivity contribution in [3.8, 4) is 5.75 Å². The molecular weight excluding hydrogens is 342 g/mol. The Morgan fingerprint density at radius 2 is 1.61 bits per heavy atom. The molecule has 0 fully saturated rings. The molecule has 0 amide bonds. The maximum Gasteiger partial charge on any atom is 0 e. The summed E-state index contributed by atoms with van der Waals surface area (Å²) in [5.74, 6) is 0.370. The smallest absolute Gasteiger partial charge is 0 e. The third-order valence-corrected chi connectivity index (χ3v) is 2.12. The third-order valence-electron chi connectivity index (χ3n) is 2.12. The van der Waals surface area contributed by atoms with Crippen molar-refractivity contribution in [1.82, 2.24) is 0 Å².